The van der Waals surface area contributed by atoms with Gasteiger partial charge in [-0.1, -0.05) is 12.1 Å². The van der Waals surface area contributed by atoms with Gasteiger partial charge in [0.05, 0.1) is 12.2 Å². The van der Waals surface area contributed by atoms with Gasteiger partial charge >= 0.3 is 5.97 Å². The van der Waals surface area contributed by atoms with E-state index < -0.39 is 5.97 Å². The molecule has 0 heterocycles. The lowest BCUT2D eigenvalue weighted by Crippen LogP contribution is -2.53. The van der Waals surface area contributed by atoms with Gasteiger partial charge in [-0.25, -0.2) is 4.79 Å². The SMILES string of the molecule is O=C(O)c1ccc(CNC2(CO)CCC2)cc1. The highest BCUT2D eigenvalue weighted by Gasteiger charge is 2.35. The number of aromatic carboxylic acids is 1. The number of aliphatic hydroxyl groups excluding tert-OH is 1. The van der Waals surface area contributed by atoms with Crippen LogP contribution in [0, 0.1) is 0 Å². The van der Waals surface area contributed by atoms with E-state index in [1.165, 1.54) is 0 Å². The van der Waals surface area contributed by atoms with Crippen LogP contribution in [0.4, 0.5) is 0 Å². The zero-order valence-electron chi connectivity index (χ0n) is 9.65. The Balaban J connectivity index is 1.93. The van der Waals surface area contributed by atoms with Gasteiger partial charge < -0.3 is 15.5 Å². The van der Waals surface area contributed by atoms with Gasteiger partial charge in [-0.2, -0.15) is 0 Å². The number of aliphatic hydroxyl groups is 1. The molecule has 2 rings (SSSR count). The molecule has 0 spiro atoms. The smallest absolute Gasteiger partial charge is 0.335 e. The second kappa shape index (κ2) is 4.85. The van der Waals surface area contributed by atoms with Gasteiger partial charge in [-0.05, 0) is 37.0 Å². The fourth-order valence-electron chi connectivity index (χ4n) is 2.05. The normalized spacial score (nSPS) is 17.5. The Labute approximate surface area is 100 Å². The average Bonchev–Trinajstić information content (AvgIpc) is 2.29. The molecular formula is C13H17NO3. The Bertz CT molecular complexity index is 390. The van der Waals surface area contributed by atoms with Crippen LogP contribution in [0.5, 0.6) is 0 Å². The second-order valence-electron chi connectivity index (χ2n) is 4.65. The summed E-state index contributed by atoms with van der Waals surface area (Å²) in [6.45, 7) is 0.834. The summed E-state index contributed by atoms with van der Waals surface area (Å²) in [7, 11) is 0. The predicted molar refractivity (Wildman–Crippen MR) is 63.9 cm³/mol. The lowest BCUT2D eigenvalue weighted by atomic mass is 9.77. The van der Waals surface area contributed by atoms with Crippen LogP contribution in [0.25, 0.3) is 0 Å². The van der Waals surface area contributed by atoms with Crippen molar-refractivity contribution in [3.63, 3.8) is 0 Å². The van der Waals surface area contributed by atoms with E-state index in [1.807, 2.05) is 0 Å². The van der Waals surface area contributed by atoms with E-state index in [-0.39, 0.29) is 12.1 Å². The standard InChI is InChI=1S/C13H17NO3/c15-9-13(6-1-7-13)14-8-10-2-4-11(5-3-10)12(16)17/h2-5,14-15H,1,6-9H2,(H,16,17). The third kappa shape index (κ3) is 2.65. The van der Waals surface area contributed by atoms with Crippen molar-refractivity contribution in [1.82, 2.24) is 5.32 Å². The molecule has 1 saturated carbocycles. The number of carbonyl (C=O) groups is 1. The number of rotatable bonds is 5. The fourth-order valence-corrected chi connectivity index (χ4v) is 2.05. The van der Waals surface area contributed by atoms with Crippen molar-refractivity contribution in [1.29, 1.82) is 0 Å². The molecule has 17 heavy (non-hydrogen) atoms. The minimum absolute atomic E-state index is 0.106. The molecule has 0 amide bonds. The molecular weight excluding hydrogens is 218 g/mol. The molecule has 4 nitrogen and oxygen atoms in total. The van der Waals surface area contributed by atoms with Gasteiger partial charge in [0, 0.05) is 12.1 Å². The predicted octanol–water partition coefficient (Wildman–Crippen LogP) is 1.39. The van der Waals surface area contributed by atoms with Crippen molar-refractivity contribution in [3.05, 3.63) is 35.4 Å². The van der Waals surface area contributed by atoms with Crippen molar-refractivity contribution >= 4 is 5.97 Å². The first-order valence-corrected chi connectivity index (χ1v) is 5.83. The van der Waals surface area contributed by atoms with E-state index in [2.05, 4.69) is 5.32 Å². The number of hydrogen-bond acceptors (Lipinski definition) is 3. The first-order chi connectivity index (χ1) is 8.15. The maximum absolute atomic E-state index is 10.7. The van der Waals surface area contributed by atoms with Gasteiger partial charge in [-0.15, -0.1) is 0 Å². The fraction of sp³-hybridized carbons (Fsp3) is 0.462. The molecule has 1 aromatic carbocycles. The van der Waals surface area contributed by atoms with E-state index in [0.717, 1.165) is 24.8 Å². The molecule has 1 aliphatic carbocycles. The van der Waals surface area contributed by atoms with Crippen molar-refractivity contribution in [2.75, 3.05) is 6.61 Å². The quantitative estimate of drug-likeness (QED) is 0.721. The molecule has 0 atom stereocenters. The van der Waals surface area contributed by atoms with Gasteiger partial charge in [0.15, 0.2) is 0 Å². The third-order valence-electron chi connectivity index (χ3n) is 3.48. The lowest BCUT2D eigenvalue weighted by molar-refractivity contribution is 0.0697. The van der Waals surface area contributed by atoms with Crippen LogP contribution in [0.3, 0.4) is 0 Å². The molecule has 0 aliphatic heterocycles. The van der Waals surface area contributed by atoms with Crippen LogP contribution in [0.15, 0.2) is 24.3 Å². The van der Waals surface area contributed by atoms with Crippen molar-refractivity contribution in [3.8, 4) is 0 Å². The maximum Gasteiger partial charge on any atom is 0.335 e. The topological polar surface area (TPSA) is 69.6 Å². The summed E-state index contributed by atoms with van der Waals surface area (Å²) in [4.78, 5) is 10.7. The van der Waals surface area contributed by atoms with Crippen LogP contribution in [-0.2, 0) is 6.54 Å². The van der Waals surface area contributed by atoms with Crippen molar-refractivity contribution in [2.24, 2.45) is 0 Å². The molecule has 0 saturated heterocycles. The third-order valence-corrected chi connectivity index (χ3v) is 3.48. The van der Waals surface area contributed by atoms with E-state index in [4.69, 9.17) is 5.11 Å². The summed E-state index contributed by atoms with van der Waals surface area (Å²) in [6, 6.07) is 6.82. The number of carboxylic acid groups (broad SMARTS) is 1. The zero-order chi connectivity index (χ0) is 12.3. The number of hydrogen-bond donors (Lipinski definition) is 3. The summed E-state index contributed by atoms with van der Waals surface area (Å²) >= 11 is 0. The van der Waals surface area contributed by atoms with Crippen molar-refractivity contribution in [2.45, 2.75) is 31.3 Å². The molecule has 1 aliphatic rings. The second-order valence-corrected chi connectivity index (χ2v) is 4.65. The van der Waals surface area contributed by atoms with Gasteiger partial charge in [0.2, 0.25) is 0 Å². The summed E-state index contributed by atoms with van der Waals surface area (Å²) in [5, 5.41) is 21.4. The highest BCUT2D eigenvalue weighted by molar-refractivity contribution is 5.87. The Kier molecular flexibility index (Phi) is 3.45. The minimum Gasteiger partial charge on any atom is -0.478 e. The Morgan fingerprint density at radius 1 is 1.29 bits per heavy atom. The molecule has 0 bridgehead atoms. The van der Waals surface area contributed by atoms with Gasteiger partial charge in [0.1, 0.15) is 0 Å². The summed E-state index contributed by atoms with van der Waals surface area (Å²) in [5.74, 6) is -0.907. The number of carboxylic acids is 1. The van der Waals surface area contributed by atoms with Crippen LogP contribution in [-0.4, -0.2) is 28.3 Å². The monoisotopic (exact) mass is 235 g/mol. The maximum atomic E-state index is 10.7. The zero-order valence-corrected chi connectivity index (χ0v) is 9.65. The molecule has 92 valence electrons. The molecule has 0 unspecified atom stereocenters. The minimum atomic E-state index is -0.907. The summed E-state index contributed by atoms with van der Waals surface area (Å²) in [5.41, 5.74) is 1.23. The average molecular weight is 235 g/mol. The first kappa shape index (κ1) is 12.1. The van der Waals surface area contributed by atoms with Crippen LogP contribution < -0.4 is 5.32 Å². The van der Waals surface area contributed by atoms with E-state index in [9.17, 15) is 9.90 Å². The molecule has 4 heteroatoms. The lowest BCUT2D eigenvalue weighted by Gasteiger charge is -2.41. The Morgan fingerprint density at radius 3 is 2.35 bits per heavy atom. The van der Waals surface area contributed by atoms with Crippen LogP contribution in [0.2, 0.25) is 0 Å². The molecule has 0 aromatic heterocycles. The summed E-state index contributed by atoms with van der Waals surface area (Å²) < 4.78 is 0. The Hall–Kier alpha value is -1.39. The highest BCUT2D eigenvalue weighted by Crippen LogP contribution is 2.31. The van der Waals surface area contributed by atoms with E-state index >= 15 is 0 Å². The van der Waals surface area contributed by atoms with E-state index in [0.29, 0.717) is 12.1 Å². The molecule has 3 N–H and O–H groups in total. The number of nitrogens with one attached hydrogen (secondary N) is 1. The number of benzene rings is 1. The van der Waals surface area contributed by atoms with E-state index in [1.54, 1.807) is 24.3 Å². The molecule has 1 aromatic rings. The largest absolute Gasteiger partial charge is 0.478 e. The highest BCUT2D eigenvalue weighted by atomic mass is 16.4. The molecule has 0 radical (unpaired) electrons. The van der Waals surface area contributed by atoms with Gasteiger partial charge in [0.25, 0.3) is 0 Å². The Morgan fingerprint density at radius 2 is 1.94 bits per heavy atom. The molecule has 1 fully saturated rings. The van der Waals surface area contributed by atoms with Gasteiger partial charge in [-0.3, -0.25) is 0 Å². The first-order valence-electron chi connectivity index (χ1n) is 5.83. The van der Waals surface area contributed by atoms with Crippen LogP contribution >= 0.6 is 0 Å². The summed E-state index contributed by atoms with van der Waals surface area (Å²) in [6.07, 6.45) is 3.18. The van der Waals surface area contributed by atoms with Crippen molar-refractivity contribution < 1.29 is 15.0 Å². The van der Waals surface area contributed by atoms with Crippen LogP contribution in [0.1, 0.15) is 35.2 Å².